The van der Waals surface area contributed by atoms with E-state index in [4.69, 9.17) is 0 Å². The highest BCUT2D eigenvalue weighted by Gasteiger charge is 2.27. The molecule has 0 radical (unpaired) electrons. The molecule has 1 aliphatic heterocycles. The van der Waals surface area contributed by atoms with Crippen LogP contribution < -0.4 is 10.6 Å². The summed E-state index contributed by atoms with van der Waals surface area (Å²) in [6.07, 6.45) is 9.43. The van der Waals surface area contributed by atoms with Gasteiger partial charge in [-0.15, -0.1) is 24.0 Å². The molecule has 5 nitrogen and oxygen atoms in total. The van der Waals surface area contributed by atoms with E-state index < -0.39 is 0 Å². The first kappa shape index (κ1) is 23.0. The smallest absolute Gasteiger partial charge is 0.191 e. The van der Waals surface area contributed by atoms with Crippen LogP contribution in [-0.2, 0) is 0 Å². The molecule has 1 saturated heterocycles. The third kappa shape index (κ3) is 7.99. The summed E-state index contributed by atoms with van der Waals surface area (Å²) in [5, 5.41) is 7.12. The van der Waals surface area contributed by atoms with Crippen molar-refractivity contribution in [2.24, 2.45) is 4.99 Å². The Hall–Kier alpha value is -0.0800. The number of halogens is 1. The van der Waals surface area contributed by atoms with E-state index in [0.29, 0.717) is 6.04 Å². The van der Waals surface area contributed by atoms with Gasteiger partial charge >= 0.3 is 0 Å². The highest BCUT2D eigenvalue weighted by atomic mass is 127. The molecule has 2 N–H and O–H groups in total. The highest BCUT2D eigenvalue weighted by Crippen LogP contribution is 2.26. The van der Waals surface area contributed by atoms with Crippen molar-refractivity contribution in [3.05, 3.63) is 0 Å². The molecule has 0 aromatic heterocycles. The van der Waals surface area contributed by atoms with Gasteiger partial charge in [-0.25, -0.2) is 0 Å². The molecule has 1 heterocycles. The number of nitrogens with zero attached hydrogens (tertiary/aromatic N) is 3. The van der Waals surface area contributed by atoms with Crippen LogP contribution in [0.3, 0.4) is 0 Å². The van der Waals surface area contributed by atoms with E-state index in [1.165, 1.54) is 64.6 Å². The maximum Gasteiger partial charge on any atom is 0.191 e. The molecule has 1 saturated carbocycles. The van der Waals surface area contributed by atoms with E-state index in [-0.39, 0.29) is 24.0 Å². The lowest BCUT2D eigenvalue weighted by Gasteiger charge is -2.36. The Labute approximate surface area is 172 Å². The first-order valence-electron chi connectivity index (χ1n) is 10.2. The Morgan fingerprint density at radius 2 is 1.76 bits per heavy atom. The van der Waals surface area contributed by atoms with Crippen LogP contribution >= 0.6 is 24.0 Å². The summed E-state index contributed by atoms with van der Waals surface area (Å²) >= 11 is 0. The van der Waals surface area contributed by atoms with Gasteiger partial charge in [0.2, 0.25) is 0 Å². The summed E-state index contributed by atoms with van der Waals surface area (Å²) in [5.74, 6) is 0.974. The Morgan fingerprint density at radius 3 is 2.32 bits per heavy atom. The second-order valence-electron chi connectivity index (χ2n) is 7.33. The molecule has 2 rings (SSSR count). The van der Waals surface area contributed by atoms with Crippen molar-refractivity contribution in [3.63, 3.8) is 0 Å². The number of hydrogen-bond donors (Lipinski definition) is 2. The fourth-order valence-electron chi connectivity index (χ4n) is 4.14. The zero-order valence-electron chi connectivity index (χ0n) is 16.6. The second-order valence-corrected chi connectivity index (χ2v) is 7.33. The molecule has 0 bridgehead atoms. The lowest BCUT2D eigenvalue weighted by atomic mass is 10.0. The number of aliphatic imine (C=N–C) groups is 1. The maximum absolute atomic E-state index is 4.41. The molecule has 0 aromatic rings. The van der Waals surface area contributed by atoms with Gasteiger partial charge in [0.05, 0.1) is 0 Å². The Balaban J connectivity index is 0.00000312. The third-order valence-corrected chi connectivity index (χ3v) is 5.64. The third-order valence-electron chi connectivity index (χ3n) is 5.64. The van der Waals surface area contributed by atoms with Gasteiger partial charge in [0.25, 0.3) is 0 Å². The van der Waals surface area contributed by atoms with E-state index >= 15 is 0 Å². The highest BCUT2D eigenvalue weighted by molar-refractivity contribution is 14.0. The molecule has 0 aromatic carbocycles. The zero-order chi connectivity index (χ0) is 17.2. The zero-order valence-corrected chi connectivity index (χ0v) is 18.9. The summed E-state index contributed by atoms with van der Waals surface area (Å²) in [6.45, 7) is 11.3. The molecule has 0 atom stereocenters. The quantitative estimate of drug-likeness (QED) is 0.329. The molecule has 148 valence electrons. The topological polar surface area (TPSA) is 42.9 Å². The lowest BCUT2D eigenvalue weighted by Crippen LogP contribution is -2.51. The minimum atomic E-state index is 0. The van der Waals surface area contributed by atoms with Gasteiger partial charge in [-0.3, -0.25) is 4.99 Å². The van der Waals surface area contributed by atoms with Gasteiger partial charge in [-0.1, -0.05) is 26.7 Å². The van der Waals surface area contributed by atoms with Crippen LogP contribution in [0.4, 0.5) is 0 Å². The summed E-state index contributed by atoms with van der Waals surface area (Å²) in [7, 11) is 1.88. The molecule has 0 spiro atoms. The SMILES string of the molecule is CCCN(CC)CCNC(=NC)NC1CCN(C2CCCC2)CC1.I. The monoisotopic (exact) mass is 465 g/mol. The van der Waals surface area contributed by atoms with E-state index in [1.54, 1.807) is 0 Å². The molecular formula is C19H40IN5. The van der Waals surface area contributed by atoms with Crippen molar-refractivity contribution in [1.29, 1.82) is 0 Å². The maximum atomic E-state index is 4.41. The van der Waals surface area contributed by atoms with Gasteiger partial charge in [0, 0.05) is 45.3 Å². The average Bonchev–Trinajstić information content (AvgIpc) is 3.15. The van der Waals surface area contributed by atoms with Gasteiger partial charge in [-0.2, -0.15) is 0 Å². The standard InChI is InChI=1S/C19H39N5.HI/c1-4-13-23(5-2)16-12-21-19(20-3)22-17-10-14-24(15-11-17)18-8-6-7-9-18;/h17-18H,4-16H2,1-3H3,(H2,20,21,22);1H. The van der Waals surface area contributed by atoms with Crippen molar-refractivity contribution >= 4 is 29.9 Å². The molecule has 1 aliphatic carbocycles. The predicted molar refractivity (Wildman–Crippen MR) is 119 cm³/mol. The average molecular weight is 465 g/mol. The first-order chi connectivity index (χ1) is 11.8. The lowest BCUT2D eigenvalue weighted by molar-refractivity contribution is 0.150. The van der Waals surface area contributed by atoms with E-state index in [9.17, 15) is 0 Å². The van der Waals surface area contributed by atoms with Gasteiger partial charge in [0.1, 0.15) is 0 Å². The second kappa shape index (κ2) is 13.1. The number of rotatable bonds is 8. The fraction of sp³-hybridized carbons (Fsp3) is 0.947. The van der Waals surface area contributed by atoms with Crippen molar-refractivity contribution in [2.45, 2.75) is 70.9 Å². The van der Waals surface area contributed by atoms with Crippen molar-refractivity contribution < 1.29 is 0 Å². The van der Waals surface area contributed by atoms with E-state index in [2.05, 4.69) is 39.3 Å². The molecule has 0 unspecified atom stereocenters. The van der Waals surface area contributed by atoms with Crippen molar-refractivity contribution in [2.75, 3.05) is 46.3 Å². The molecule has 0 amide bonds. The first-order valence-corrected chi connectivity index (χ1v) is 10.2. The Morgan fingerprint density at radius 1 is 1.08 bits per heavy atom. The Bertz CT molecular complexity index is 363. The van der Waals surface area contributed by atoms with Gasteiger partial charge in [-0.05, 0) is 45.2 Å². The van der Waals surface area contributed by atoms with E-state index in [1.807, 2.05) is 7.05 Å². The normalized spacial score (nSPS) is 20.7. The molecule has 2 fully saturated rings. The summed E-state index contributed by atoms with van der Waals surface area (Å²) < 4.78 is 0. The summed E-state index contributed by atoms with van der Waals surface area (Å²) in [6, 6.07) is 1.45. The molecule has 2 aliphatic rings. The fourth-order valence-corrected chi connectivity index (χ4v) is 4.14. The number of nitrogens with one attached hydrogen (secondary N) is 2. The molecule has 25 heavy (non-hydrogen) atoms. The van der Waals surface area contributed by atoms with E-state index in [0.717, 1.165) is 31.6 Å². The van der Waals surface area contributed by atoms with Crippen LogP contribution in [-0.4, -0.2) is 74.2 Å². The predicted octanol–water partition coefficient (Wildman–Crippen LogP) is 2.91. The molecule has 6 heteroatoms. The van der Waals surface area contributed by atoms with Gasteiger partial charge in [0.15, 0.2) is 5.96 Å². The van der Waals surface area contributed by atoms with Crippen LogP contribution in [0.5, 0.6) is 0 Å². The Kier molecular flexibility index (Phi) is 12.1. The largest absolute Gasteiger partial charge is 0.355 e. The van der Waals surface area contributed by atoms with Crippen LogP contribution in [0.1, 0.15) is 58.8 Å². The van der Waals surface area contributed by atoms with Crippen LogP contribution in [0.25, 0.3) is 0 Å². The summed E-state index contributed by atoms with van der Waals surface area (Å²) in [4.78, 5) is 9.62. The van der Waals surface area contributed by atoms with Crippen molar-refractivity contribution in [3.8, 4) is 0 Å². The number of likely N-dealkylation sites (N-methyl/N-ethyl adjacent to an activating group) is 1. The van der Waals surface area contributed by atoms with Crippen LogP contribution in [0.15, 0.2) is 4.99 Å². The number of hydrogen-bond acceptors (Lipinski definition) is 3. The van der Waals surface area contributed by atoms with Crippen molar-refractivity contribution in [1.82, 2.24) is 20.4 Å². The minimum Gasteiger partial charge on any atom is -0.355 e. The van der Waals surface area contributed by atoms with Gasteiger partial charge < -0.3 is 20.4 Å². The number of guanidine groups is 1. The number of piperidine rings is 1. The van der Waals surface area contributed by atoms with Crippen LogP contribution in [0.2, 0.25) is 0 Å². The minimum absolute atomic E-state index is 0. The summed E-state index contributed by atoms with van der Waals surface area (Å²) in [5.41, 5.74) is 0. The van der Waals surface area contributed by atoms with Crippen LogP contribution in [0, 0.1) is 0 Å². The molecular weight excluding hydrogens is 425 g/mol. The number of likely N-dealkylation sites (tertiary alicyclic amines) is 1.